The van der Waals surface area contributed by atoms with Gasteiger partial charge in [0.25, 0.3) is 0 Å². The smallest absolute Gasteiger partial charge is 0.124 e. The van der Waals surface area contributed by atoms with E-state index in [4.69, 9.17) is 0 Å². The molecule has 0 amide bonds. The van der Waals surface area contributed by atoms with Crippen LogP contribution in [0.25, 0.3) is 0 Å². The molecule has 1 heterocycles. The Bertz CT molecular complexity index is 635. The first-order valence-electron chi connectivity index (χ1n) is 7.40. The average molecular weight is 306 g/mol. The van der Waals surface area contributed by atoms with E-state index < -0.39 is 10.8 Å². The summed E-state index contributed by atoms with van der Waals surface area (Å²) in [6.07, 6.45) is 8.16. The highest BCUT2D eigenvalue weighted by Crippen LogP contribution is 2.27. The summed E-state index contributed by atoms with van der Waals surface area (Å²) < 4.78 is 27.4. The quantitative estimate of drug-likeness (QED) is 0.860. The maximum absolute atomic E-state index is 13.2. The van der Waals surface area contributed by atoms with Crippen LogP contribution >= 0.6 is 0 Å². The van der Waals surface area contributed by atoms with Gasteiger partial charge in [0.05, 0.1) is 28.3 Å². The van der Waals surface area contributed by atoms with Gasteiger partial charge in [0, 0.05) is 11.1 Å². The highest BCUT2D eigenvalue weighted by atomic mass is 32.2. The Morgan fingerprint density at radius 1 is 1.24 bits per heavy atom. The van der Waals surface area contributed by atoms with Crippen molar-refractivity contribution >= 4 is 10.8 Å². The number of hydrogen-bond donors (Lipinski definition) is 0. The van der Waals surface area contributed by atoms with E-state index in [1.807, 2.05) is 16.9 Å². The number of nitrogens with zero attached hydrogens (tertiary/aromatic N) is 2. The molecule has 3 nitrogen and oxygen atoms in total. The minimum atomic E-state index is -1.25. The van der Waals surface area contributed by atoms with Gasteiger partial charge >= 0.3 is 0 Å². The molecule has 2 aromatic rings. The van der Waals surface area contributed by atoms with Crippen LogP contribution in [-0.4, -0.2) is 14.0 Å². The average Bonchev–Trinajstić information content (AvgIpc) is 2.97. The van der Waals surface area contributed by atoms with Gasteiger partial charge in [-0.1, -0.05) is 25.3 Å². The van der Waals surface area contributed by atoms with E-state index in [0.717, 1.165) is 5.69 Å². The number of hydrogen-bond acceptors (Lipinski definition) is 2. The van der Waals surface area contributed by atoms with Crippen LogP contribution in [-0.2, 0) is 16.6 Å². The van der Waals surface area contributed by atoms with Gasteiger partial charge in [-0.05, 0) is 37.1 Å². The lowest BCUT2D eigenvalue weighted by molar-refractivity contribution is 0.328. The first-order valence-corrected chi connectivity index (χ1v) is 8.72. The van der Waals surface area contributed by atoms with E-state index in [1.54, 1.807) is 12.1 Å². The molecular weight excluding hydrogens is 287 g/mol. The number of halogens is 1. The van der Waals surface area contributed by atoms with Crippen LogP contribution < -0.4 is 0 Å². The zero-order valence-corrected chi connectivity index (χ0v) is 12.7. The van der Waals surface area contributed by atoms with Gasteiger partial charge in [0.2, 0.25) is 0 Å². The lowest BCUT2D eigenvalue weighted by Gasteiger charge is -2.21. The molecule has 0 radical (unpaired) electrons. The SMILES string of the molecule is O=S(Cc1ccn(C2CCCCC2)n1)c1cccc(F)c1. The molecular formula is C16H19FN2OS. The molecule has 5 heteroatoms. The van der Waals surface area contributed by atoms with Crippen molar-refractivity contribution in [2.24, 2.45) is 0 Å². The molecule has 21 heavy (non-hydrogen) atoms. The van der Waals surface area contributed by atoms with Crippen molar-refractivity contribution in [2.75, 3.05) is 0 Å². The third-order valence-electron chi connectivity index (χ3n) is 3.95. The Morgan fingerprint density at radius 3 is 2.81 bits per heavy atom. The van der Waals surface area contributed by atoms with Crippen LogP contribution in [0, 0.1) is 5.82 Å². The van der Waals surface area contributed by atoms with Crippen LogP contribution in [0.2, 0.25) is 0 Å². The Kier molecular flexibility index (Phi) is 4.48. The van der Waals surface area contributed by atoms with Crippen LogP contribution in [0.5, 0.6) is 0 Å². The molecule has 1 aromatic heterocycles. The zero-order valence-electron chi connectivity index (χ0n) is 11.9. The molecule has 1 fully saturated rings. The lowest BCUT2D eigenvalue weighted by Crippen LogP contribution is -2.13. The summed E-state index contributed by atoms with van der Waals surface area (Å²) >= 11 is 0. The first kappa shape index (κ1) is 14.4. The van der Waals surface area contributed by atoms with Crippen LogP contribution in [0.4, 0.5) is 4.39 Å². The summed E-state index contributed by atoms with van der Waals surface area (Å²) in [6.45, 7) is 0. The Labute approximate surface area is 126 Å². The predicted octanol–water partition coefficient (Wildman–Crippen LogP) is 3.84. The summed E-state index contributed by atoms with van der Waals surface area (Å²) in [7, 11) is -1.25. The maximum Gasteiger partial charge on any atom is 0.124 e. The van der Waals surface area contributed by atoms with Gasteiger partial charge in [-0.3, -0.25) is 8.89 Å². The van der Waals surface area contributed by atoms with Crippen molar-refractivity contribution in [3.8, 4) is 0 Å². The van der Waals surface area contributed by atoms with Crippen LogP contribution in [0.3, 0.4) is 0 Å². The molecule has 0 spiro atoms. The van der Waals surface area contributed by atoms with Crippen molar-refractivity contribution in [2.45, 2.75) is 48.8 Å². The van der Waals surface area contributed by atoms with Crippen LogP contribution in [0.15, 0.2) is 41.4 Å². The molecule has 1 aliphatic carbocycles. The fraction of sp³-hybridized carbons (Fsp3) is 0.438. The third-order valence-corrected chi connectivity index (χ3v) is 5.29. The van der Waals surface area contributed by atoms with E-state index >= 15 is 0 Å². The topological polar surface area (TPSA) is 34.9 Å². The molecule has 0 saturated heterocycles. The summed E-state index contributed by atoms with van der Waals surface area (Å²) in [5.74, 6) is -0.0167. The van der Waals surface area contributed by atoms with Gasteiger partial charge in [-0.2, -0.15) is 5.10 Å². The monoisotopic (exact) mass is 306 g/mol. The van der Waals surface area contributed by atoms with Gasteiger partial charge < -0.3 is 0 Å². The maximum atomic E-state index is 13.2. The zero-order chi connectivity index (χ0) is 14.7. The van der Waals surface area contributed by atoms with Crippen molar-refractivity contribution in [1.29, 1.82) is 0 Å². The number of rotatable bonds is 4. The minimum absolute atomic E-state index is 0.336. The van der Waals surface area contributed by atoms with E-state index in [2.05, 4.69) is 5.10 Å². The molecule has 1 aliphatic rings. The second kappa shape index (κ2) is 6.52. The van der Waals surface area contributed by atoms with Gasteiger partial charge in [0.1, 0.15) is 5.82 Å². The standard InChI is InChI=1S/C16H19FN2OS/c17-13-5-4-8-16(11-13)21(20)12-14-9-10-19(18-14)15-6-2-1-3-7-15/h4-5,8-11,15H,1-3,6-7,12H2. The van der Waals surface area contributed by atoms with Crippen molar-refractivity contribution in [3.63, 3.8) is 0 Å². The van der Waals surface area contributed by atoms with E-state index in [1.165, 1.54) is 44.2 Å². The molecule has 0 aliphatic heterocycles. The van der Waals surface area contributed by atoms with Gasteiger partial charge in [-0.25, -0.2) is 4.39 Å². The van der Waals surface area contributed by atoms with E-state index in [-0.39, 0.29) is 5.82 Å². The molecule has 1 atom stereocenters. The predicted molar refractivity (Wildman–Crippen MR) is 80.9 cm³/mol. The largest absolute Gasteiger partial charge is 0.269 e. The minimum Gasteiger partial charge on any atom is -0.269 e. The van der Waals surface area contributed by atoms with Crippen LogP contribution in [0.1, 0.15) is 43.8 Å². The molecule has 3 rings (SSSR count). The molecule has 0 bridgehead atoms. The molecule has 112 valence electrons. The molecule has 1 saturated carbocycles. The van der Waals surface area contributed by atoms with Gasteiger partial charge in [0.15, 0.2) is 0 Å². The fourth-order valence-electron chi connectivity index (χ4n) is 2.83. The summed E-state index contributed by atoms with van der Waals surface area (Å²) in [5, 5.41) is 4.55. The van der Waals surface area contributed by atoms with E-state index in [9.17, 15) is 8.60 Å². The second-order valence-corrected chi connectivity index (χ2v) is 6.98. The molecule has 0 N–H and O–H groups in total. The number of benzene rings is 1. The Hall–Kier alpha value is -1.49. The van der Waals surface area contributed by atoms with E-state index in [0.29, 0.717) is 16.7 Å². The summed E-state index contributed by atoms with van der Waals surface area (Å²) in [5.41, 5.74) is 0.808. The van der Waals surface area contributed by atoms with Crippen molar-refractivity contribution in [1.82, 2.24) is 9.78 Å². The van der Waals surface area contributed by atoms with Crippen molar-refractivity contribution < 1.29 is 8.60 Å². The highest BCUT2D eigenvalue weighted by molar-refractivity contribution is 7.84. The summed E-state index contributed by atoms with van der Waals surface area (Å²) in [4.78, 5) is 0.516. The fourth-order valence-corrected chi connectivity index (χ4v) is 3.89. The molecule has 1 aromatic carbocycles. The van der Waals surface area contributed by atoms with Crippen molar-refractivity contribution in [3.05, 3.63) is 48.0 Å². The molecule has 1 unspecified atom stereocenters. The lowest BCUT2D eigenvalue weighted by atomic mass is 9.96. The Balaban J connectivity index is 1.68. The summed E-state index contributed by atoms with van der Waals surface area (Å²) in [6, 6.07) is 8.37. The highest BCUT2D eigenvalue weighted by Gasteiger charge is 2.16. The third kappa shape index (κ3) is 3.59. The number of aromatic nitrogens is 2. The first-order chi connectivity index (χ1) is 10.2. The normalized spacial score (nSPS) is 17.8. The van der Waals surface area contributed by atoms with Gasteiger partial charge in [-0.15, -0.1) is 0 Å². The second-order valence-electron chi connectivity index (χ2n) is 5.53. The Morgan fingerprint density at radius 2 is 2.05 bits per heavy atom.